The third-order valence-corrected chi connectivity index (χ3v) is 6.23. The summed E-state index contributed by atoms with van der Waals surface area (Å²) in [6.45, 7) is 6.13. The van der Waals surface area contributed by atoms with Crippen molar-refractivity contribution in [3.05, 3.63) is 11.3 Å². The van der Waals surface area contributed by atoms with E-state index in [2.05, 4.69) is 10.6 Å². The summed E-state index contributed by atoms with van der Waals surface area (Å²) >= 11 is 2.31. The molecule has 2 heterocycles. The van der Waals surface area contributed by atoms with Crippen LogP contribution in [0.5, 0.6) is 0 Å². The summed E-state index contributed by atoms with van der Waals surface area (Å²) in [5.41, 5.74) is -0.821. The third kappa shape index (κ3) is 6.17. The van der Waals surface area contributed by atoms with Gasteiger partial charge in [-0.25, -0.2) is 4.79 Å². The van der Waals surface area contributed by atoms with Crippen LogP contribution in [0.15, 0.2) is 11.3 Å². The second-order valence-electron chi connectivity index (χ2n) is 7.76. The highest BCUT2D eigenvalue weighted by atomic mass is 32.2. The number of rotatable bonds is 9. The minimum atomic E-state index is -1.32. The average Bonchev–Trinajstić information content (AvgIpc) is 2.68. The molecule has 0 saturated carbocycles. The predicted molar refractivity (Wildman–Crippen MR) is 116 cm³/mol. The molecule has 2 rings (SSSR count). The highest BCUT2D eigenvalue weighted by Gasteiger charge is 2.55. The normalized spacial score (nSPS) is 20.8. The van der Waals surface area contributed by atoms with Crippen molar-refractivity contribution in [1.82, 2.24) is 15.5 Å². The number of fused-ring (bicyclic) bond motifs is 1. The lowest BCUT2D eigenvalue weighted by molar-refractivity contribution is -0.159. The van der Waals surface area contributed by atoms with Gasteiger partial charge >= 0.3 is 11.9 Å². The van der Waals surface area contributed by atoms with E-state index in [-0.39, 0.29) is 28.5 Å². The van der Waals surface area contributed by atoms with Crippen molar-refractivity contribution in [2.24, 2.45) is 0 Å². The van der Waals surface area contributed by atoms with E-state index in [1.165, 1.54) is 16.7 Å². The van der Waals surface area contributed by atoms with Crippen LogP contribution in [0.1, 0.15) is 27.7 Å². The number of amides is 3. The van der Waals surface area contributed by atoms with Crippen LogP contribution in [-0.2, 0) is 33.4 Å². The van der Waals surface area contributed by atoms with E-state index in [0.717, 1.165) is 18.7 Å². The van der Waals surface area contributed by atoms with E-state index in [1.807, 2.05) is 6.07 Å². The van der Waals surface area contributed by atoms with Gasteiger partial charge in [-0.3, -0.25) is 24.1 Å². The number of esters is 2. The Bertz CT molecular complexity index is 878. The van der Waals surface area contributed by atoms with Crippen molar-refractivity contribution in [1.29, 1.82) is 5.26 Å². The molecule has 3 atom stereocenters. The Morgan fingerprint density at radius 1 is 1.41 bits per heavy atom. The van der Waals surface area contributed by atoms with Crippen LogP contribution >= 0.6 is 23.5 Å². The van der Waals surface area contributed by atoms with E-state index in [4.69, 9.17) is 14.7 Å². The average molecular weight is 485 g/mol. The van der Waals surface area contributed by atoms with Gasteiger partial charge in [0.25, 0.3) is 5.91 Å². The predicted octanol–water partition coefficient (Wildman–Crippen LogP) is -0.126. The van der Waals surface area contributed by atoms with Gasteiger partial charge in [0.2, 0.25) is 18.5 Å². The topological polar surface area (TPSA) is 155 Å². The van der Waals surface area contributed by atoms with Crippen LogP contribution in [-0.4, -0.2) is 75.6 Å². The Labute approximate surface area is 193 Å². The van der Waals surface area contributed by atoms with Crippen LogP contribution in [0.25, 0.3) is 0 Å². The van der Waals surface area contributed by atoms with Gasteiger partial charge in [0.05, 0.1) is 17.6 Å². The maximum Gasteiger partial charge on any atom is 0.355 e. The second-order valence-corrected chi connectivity index (χ2v) is 9.85. The molecule has 13 heteroatoms. The first kappa shape index (κ1) is 25.5. The van der Waals surface area contributed by atoms with Crippen LogP contribution in [0.3, 0.4) is 0 Å². The first-order chi connectivity index (χ1) is 15.0. The fraction of sp³-hybridized carbons (Fsp3) is 0.579. The summed E-state index contributed by atoms with van der Waals surface area (Å²) in [5.74, 6) is -2.41. The van der Waals surface area contributed by atoms with Gasteiger partial charge in [0.15, 0.2) is 0 Å². The quantitative estimate of drug-likeness (QED) is 0.149. The summed E-state index contributed by atoms with van der Waals surface area (Å²) in [4.78, 5) is 61.8. The highest BCUT2D eigenvalue weighted by molar-refractivity contribution is 8.00. The molecule has 0 radical (unpaired) electrons. The van der Waals surface area contributed by atoms with E-state index in [1.54, 1.807) is 20.8 Å². The Balaban J connectivity index is 2.43. The van der Waals surface area contributed by atoms with Crippen LogP contribution in [0.2, 0.25) is 0 Å². The van der Waals surface area contributed by atoms with E-state index >= 15 is 0 Å². The van der Waals surface area contributed by atoms with Crippen LogP contribution < -0.4 is 10.6 Å². The van der Waals surface area contributed by atoms with Crippen molar-refractivity contribution in [3.63, 3.8) is 0 Å². The fourth-order valence-electron chi connectivity index (χ4n) is 2.98. The zero-order valence-corrected chi connectivity index (χ0v) is 19.6. The lowest BCUT2D eigenvalue weighted by Gasteiger charge is -2.50. The number of hydrogen-bond donors (Lipinski definition) is 2. The van der Waals surface area contributed by atoms with Gasteiger partial charge in [-0.05, 0) is 20.8 Å². The molecular weight excluding hydrogens is 460 g/mol. The Morgan fingerprint density at radius 2 is 2.09 bits per heavy atom. The third-order valence-electron chi connectivity index (χ3n) is 4.13. The zero-order valence-electron chi connectivity index (χ0n) is 18.0. The number of carbonyl (C=O) groups excluding carboxylic acids is 5. The molecular formula is C19H24N4O7S2. The number of thioether (sulfide) groups is 2. The van der Waals surface area contributed by atoms with Crippen LogP contribution in [0.4, 0.5) is 0 Å². The van der Waals surface area contributed by atoms with Crippen LogP contribution in [0, 0.1) is 11.3 Å². The molecule has 0 aromatic carbocycles. The smallest absolute Gasteiger partial charge is 0.355 e. The molecule has 2 aliphatic heterocycles. The molecule has 0 bridgehead atoms. The SMILES string of the molecule is CC(=O)OC(NC(=O)CSCC#N)C1=C(C(=O)OC(C)(C)C)N2C(=O)[C@H](NC=O)[C@H]2SC1. The summed E-state index contributed by atoms with van der Waals surface area (Å²) in [6, 6.07) is 1.10. The molecule has 0 aromatic rings. The van der Waals surface area contributed by atoms with E-state index < -0.39 is 47.0 Å². The van der Waals surface area contributed by atoms with Gasteiger partial charge in [-0.15, -0.1) is 23.5 Å². The maximum atomic E-state index is 13.0. The molecule has 32 heavy (non-hydrogen) atoms. The molecule has 3 amide bonds. The minimum absolute atomic E-state index is 0.0654. The number of nitriles is 1. The summed E-state index contributed by atoms with van der Waals surface area (Å²) in [6.07, 6.45) is -0.905. The van der Waals surface area contributed by atoms with Crippen molar-refractivity contribution in [3.8, 4) is 6.07 Å². The van der Waals surface area contributed by atoms with Gasteiger partial charge in [0.1, 0.15) is 22.7 Å². The zero-order chi connectivity index (χ0) is 24.1. The minimum Gasteiger partial charge on any atom is -0.455 e. The first-order valence-electron chi connectivity index (χ1n) is 9.52. The van der Waals surface area contributed by atoms with E-state index in [0.29, 0.717) is 6.41 Å². The molecule has 1 fully saturated rings. The number of hydrogen-bond acceptors (Lipinski definition) is 10. The Hall–Kier alpha value is -2.72. The van der Waals surface area contributed by atoms with Gasteiger partial charge in [-0.2, -0.15) is 5.26 Å². The number of carbonyl (C=O) groups is 5. The van der Waals surface area contributed by atoms with Crippen molar-refractivity contribution in [2.75, 3.05) is 17.3 Å². The summed E-state index contributed by atoms with van der Waals surface area (Å²) < 4.78 is 10.7. The molecule has 1 unspecified atom stereocenters. The fourth-order valence-corrected chi connectivity index (χ4v) is 4.83. The van der Waals surface area contributed by atoms with Crippen molar-refractivity contribution >= 4 is 53.7 Å². The molecule has 2 N–H and O–H groups in total. The number of ether oxygens (including phenoxy) is 2. The summed E-state index contributed by atoms with van der Waals surface area (Å²) in [5, 5.41) is 13.0. The van der Waals surface area contributed by atoms with Gasteiger partial charge in [0, 0.05) is 18.2 Å². The highest BCUT2D eigenvalue weighted by Crippen LogP contribution is 2.42. The number of nitrogens with one attached hydrogen (secondary N) is 2. The summed E-state index contributed by atoms with van der Waals surface area (Å²) in [7, 11) is 0. The number of β-lactam (4-membered cyclic amide) rings is 1. The molecule has 0 spiro atoms. The molecule has 0 aromatic heterocycles. The number of nitrogens with zero attached hydrogens (tertiary/aromatic N) is 2. The Morgan fingerprint density at radius 3 is 2.66 bits per heavy atom. The monoisotopic (exact) mass is 484 g/mol. The first-order valence-corrected chi connectivity index (χ1v) is 11.7. The molecule has 2 aliphatic rings. The maximum absolute atomic E-state index is 13.0. The standard InChI is InChI=1S/C19H24N4O7S2/c1-10(25)29-15(22-12(26)8-31-6-5-20)11-7-32-17-13(21-9-24)16(27)23(17)14(11)18(28)30-19(2,3)4/h9,13,15,17H,6-8H2,1-4H3,(H,21,24)(H,22,26)/t13-,15?,17+/m0/s1. The molecule has 11 nitrogen and oxygen atoms in total. The van der Waals surface area contributed by atoms with Gasteiger partial charge in [-0.1, -0.05) is 0 Å². The van der Waals surface area contributed by atoms with Crippen molar-refractivity contribution < 1.29 is 33.4 Å². The lowest BCUT2D eigenvalue weighted by atomic mass is 10.0. The molecule has 0 aliphatic carbocycles. The van der Waals surface area contributed by atoms with Crippen molar-refractivity contribution in [2.45, 2.75) is 50.9 Å². The lowest BCUT2D eigenvalue weighted by Crippen LogP contribution is -2.70. The molecule has 1 saturated heterocycles. The Kier molecular flexibility index (Phi) is 8.57. The second kappa shape index (κ2) is 10.7. The largest absolute Gasteiger partial charge is 0.455 e. The van der Waals surface area contributed by atoms with E-state index in [9.17, 15) is 24.0 Å². The van der Waals surface area contributed by atoms with Gasteiger partial charge < -0.3 is 20.1 Å². The molecule has 174 valence electrons.